The standard InChI is InChI=1S/C10H13N3O/c11-9(12)7-2-1-3-8-6(7)4-5-13-10(8)14/h1-3,10,13-14H,4-5H2,(H3,11,12). The molecule has 0 fully saturated rings. The molecule has 1 unspecified atom stereocenters. The average molecular weight is 191 g/mol. The van der Waals surface area contributed by atoms with Crippen LogP contribution >= 0.6 is 0 Å². The van der Waals surface area contributed by atoms with Gasteiger partial charge in [0, 0.05) is 12.1 Å². The summed E-state index contributed by atoms with van der Waals surface area (Å²) >= 11 is 0. The van der Waals surface area contributed by atoms with Crippen LogP contribution in [-0.2, 0) is 6.42 Å². The highest BCUT2D eigenvalue weighted by molar-refractivity contribution is 5.96. The van der Waals surface area contributed by atoms with E-state index in [1.807, 2.05) is 18.2 Å². The third-order valence-corrected chi connectivity index (χ3v) is 2.51. The molecule has 1 atom stereocenters. The van der Waals surface area contributed by atoms with Crippen molar-refractivity contribution in [3.63, 3.8) is 0 Å². The van der Waals surface area contributed by atoms with E-state index in [9.17, 15) is 5.11 Å². The van der Waals surface area contributed by atoms with E-state index >= 15 is 0 Å². The number of aliphatic hydroxyl groups is 1. The van der Waals surface area contributed by atoms with Crippen molar-refractivity contribution in [3.8, 4) is 0 Å². The SMILES string of the molecule is N=C(N)c1cccc2c1CCNC2O. The molecule has 0 saturated heterocycles. The van der Waals surface area contributed by atoms with Gasteiger partial charge in [0.1, 0.15) is 12.1 Å². The minimum atomic E-state index is -0.627. The van der Waals surface area contributed by atoms with Gasteiger partial charge in [0.05, 0.1) is 0 Å². The van der Waals surface area contributed by atoms with Crippen molar-refractivity contribution >= 4 is 5.84 Å². The predicted molar refractivity (Wildman–Crippen MR) is 54.1 cm³/mol. The van der Waals surface area contributed by atoms with E-state index in [2.05, 4.69) is 5.32 Å². The first kappa shape index (κ1) is 9.18. The van der Waals surface area contributed by atoms with Gasteiger partial charge in [-0.05, 0) is 17.5 Å². The van der Waals surface area contributed by atoms with E-state index < -0.39 is 6.23 Å². The molecule has 2 rings (SSSR count). The summed E-state index contributed by atoms with van der Waals surface area (Å²) in [4.78, 5) is 0. The Morgan fingerprint density at radius 1 is 1.57 bits per heavy atom. The van der Waals surface area contributed by atoms with Gasteiger partial charge in [-0.1, -0.05) is 18.2 Å². The number of benzene rings is 1. The number of nitrogens with one attached hydrogen (secondary N) is 2. The second-order valence-corrected chi connectivity index (χ2v) is 3.39. The Labute approximate surface area is 82.3 Å². The summed E-state index contributed by atoms with van der Waals surface area (Å²) in [6.07, 6.45) is 0.181. The van der Waals surface area contributed by atoms with Crippen LogP contribution in [0.25, 0.3) is 0 Å². The fourth-order valence-corrected chi connectivity index (χ4v) is 1.84. The molecule has 4 nitrogen and oxygen atoms in total. The number of rotatable bonds is 1. The Morgan fingerprint density at radius 3 is 3.07 bits per heavy atom. The molecule has 14 heavy (non-hydrogen) atoms. The number of aliphatic hydroxyl groups excluding tert-OH is 1. The number of nitrogens with two attached hydrogens (primary N) is 1. The predicted octanol–water partition coefficient (Wildman–Crippen LogP) is 0.107. The number of amidine groups is 1. The van der Waals surface area contributed by atoms with Crippen LogP contribution in [0.1, 0.15) is 22.9 Å². The molecule has 1 aromatic rings. The average Bonchev–Trinajstić information content (AvgIpc) is 2.17. The van der Waals surface area contributed by atoms with Crippen LogP contribution in [0.4, 0.5) is 0 Å². The Kier molecular flexibility index (Phi) is 2.23. The molecule has 1 heterocycles. The molecule has 1 aliphatic heterocycles. The molecule has 1 aliphatic rings. The zero-order valence-electron chi connectivity index (χ0n) is 7.75. The molecule has 0 bridgehead atoms. The van der Waals surface area contributed by atoms with Crippen molar-refractivity contribution in [2.45, 2.75) is 12.6 Å². The highest BCUT2D eigenvalue weighted by Crippen LogP contribution is 2.23. The summed E-state index contributed by atoms with van der Waals surface area (Å²) in [5, 5.41) is 20.0. The monoisotopic (exact) mass is 191 g/mol. The Balaban J connectivity index is 2.55. The largest absolute Gasteiger partial charge is 0.384 e. The van der Waals surface area contributed by atoms with Crippen LogP contribution in [0.15, 0.2) is 18.2 Å². The fourth-order valence-electron chi connectivity index (χ4n) is 1.84. The molecule has 0 spiro atoms. The molecular weight excluding hydrogens is 178 g/mol. The minimum Gasteiger partial charge on any atom is -0.384 e. The molecule has 0 aliphatic carbocycles. The van der Waals surface area contributed by atoms with Crippen molar-refractivity contribution in [2.24, 2.45) is 5.73 Å². The van der Waals surface area contributed by atoms with Gasteiger partial charge in [-0.3, -0.25) is 10.7 Å². The summed E-state index contributed by atoms with van der Waals surface area (Å²) in [6.45, 7) is 0.721. The zero-order chi connectivity index (χ0) is 10.1. The molecule has 1 aromatic carbocycles. The number of fused-ring (bicyclic) bond motifs is 1. The van der Waals surface area contributed by atoms with Crippen LogP contribution < -0.4 is 11.1 Å². The lowest BCUT2D eigenvalue weighted by atomic mass is 9.94. The van der Waals surface area contributed by atoms with Crippen molar-refractivity contribution in [1.82, 2.24) is 5.32 Å². The van der Waals surface area contributed by atoms with E-state index in [1.165, 1.54) is 0 Å². The van der Waals surface area contributed by atoms with E-state index in [4.69, 9.17) is 11.1 Å². The van der Waals surface area contributed by atoms with Crippen LogP contribution in [0.3, 0.4) is 0 Å². The number of nitrogen functional groups attached to an aromatic ring is 1. The van der Waals surface area contributed by atoms with Gasteiger partial charge >= 0.3 is 0 Å². The quantitative estimate of drug-likeness (QED) is 0.375. The van der Waals surface area contributed by atoms with Gasteiger partial charge < -0.3 is 10.8 Å². The molecule has 0 radical (unpaired) electrons. The molecule has 0 amide bonds. The summed E-state index contributed by atoms with van der Waals surface area (Å²) in [5.74, 6) is 0.0657. The van der Waals surface area contributed by atoms with Gasteiger partial charge in [0.2, 0.25) is 0 Å². The minimum absolute atomic E-state index is 0.0657. The van der Waals surface area contributed by atoms with Crippen molar-refractivity contribution in [2.75, 3.05) is 6.54 Å². The summed E-state index contributed by atoms with van der Waals surface area (Å²) in [5.41, 5.74) is 8.03. The first-order chi connectivity index (χ1) is 6.70. The molecule has 4 heteroatoms. The highest BCUT2D eigenvalue weighted by atomic mass is 16.3. The lowest BCUT2D eigenvalue weighted by molar-refractivity contribution is 0.132. The summed E-state index contributed by atoms with van der Waals surface area (Å²) in [7, 11) is 0. The summed E-state index contributed by atoms with van der Waals surface area (Å²) in [6, 6.07) is 5.49. The van der Waals surface area contributed by atoms with Gasteiger partial charge in [0.25, 0.3) is 0 Å². The van der Waals surface area contributed by atoms with Crippen molar-refractivity contribution in [3.05, 3.63) is 34.9 Å². The first-order valence-corrected chi connectivity index (χ1v) is 4.58. The van der Waals surface area contributed by atoms with Gasteiger partial charge in [-0.2, -0.15) is 0 Å². The second kappa shape index (κ2) is 3.40. The highest BCUT2D eigenvalue weighted by Gasteiger charge is 2.19. The van der Waals surface area contributed by atoms with Gasteiger partial charge in [-0.25, -0.2) is 0 Å². The Hall–Kier alpha value is -1.39. The van der Waals surface area contributed by atoms with Crippen LogP contribution in [0.5, 0.6) is 0 Å². The molecule has 74 valence electrons. The van der Waals surface area contributed by atoms with Crippen molar-refractivity contribution < 1.29 is 5.11 Å². The topological polar surface area (TPSA) is 82.1 Å². The maximum absolute atomic E-state index is 9.65. The van der Waals surface area contributed by atoms with Crippen LogP contribution in [0, 0.1) is 5.41 Å². The van der Waals surface area contributed by atoms with E-state index in [1.54, 1.807) is 0 Å². The Bertz CT molecular complexity index is 376. The Morgan fingerprint density at radius 2 is 2.36 bits per heavy atom. The fraction of sp³-hybridized carbons (Fsp3) is 0.300. The summed E-state index contributed by atoms with van der Waals surface area (Å²) < 4.78 is 0. The third kappa shape index (κ3) is 1.38. The van der Waals surface area contributed by atoms with E-state index in [0.29, 0.717) is 0 Å². The van der Waals surface area contributed by atoms with Gasteiger partial charge in [-0.15, -0.1) is 0 Å². The van der Waals surface area contributed by atoms with E-state index in [-0.39, 0.29) is 5.84 Å². The lowest BCUT2D eigenvalue weighted by Gasteiger charge is -2.24. The molecule has 5 N–H and O–H groups in total. The maximum Gasteiger partial charge on any atom is 0.131 e. The van der Waals surface area contributed by atoms with Gasteiger partial charge in [0.15, 0.2) is 0 Å². The smallest absolute Gasteiger partial charge is 0.131 e. The molecule has 0 aromatic heterocycles. The zero-order valence-corrected chi connectivity index (χ0v) is 7.75. The first-order valence-electron chi connectivity index (χ1n) is 4.58. The number of hydrogen-bond donors (Lipinski definition) is 4. The number of hydrogen-bond acceptors (Lipinski definition) is 3. The maximum atomic E-state index is 9.65. The van der Waals surface area contributed by atoms with Crippen molar-refractivity contribution in [1.29, 1.82) is 5.41 Å². The normalized spacial score (nSPS) is 20.2. The van der Waals surface area contributed by atoms with E-state index in [0.717, 1.165) is 29.7 Å². The molecular formula is C10H13N3O. The van der Waals surface area contributed by atoms with Crippen LogP contribution in [0.2, 0.25) is 0 Å². The third-order valence-electron chi connectivity index (χ3n) is 2.51. The second-order valence-electron chi connectivity index (χ2n) is 3.39. The lowest BCUT2D eigenvalue weighted by Crippen LogP contribution is -2.31. The molecule has 0 saturated carbocycles. The van der Waals surface area contributed by atoms with Crippen LogP contribution in [-0.4, -0.2) is 17.5 Å².